The lowest BCUT2D eigenvalue weighted by Gasteiger charge is -2.37. The molecule has 2 rings (SSSR count). The predicted molar refractivity (Wildman–Crippen MR) is 61.0 cm³/mol. The first-order chi connectivity index (χ1) is 8.98. The van der Waals surface area contributed by atoms with Gasteiger partial charge in [-0.05, 0) is 17.7 Å². The Morgan fingerprint density at radius 1 is 1.26 bits per heavy atom. The van der Waals surface area contributed by atoms with E-state index >= 15 is 0 Å². The maximum atomic E-state index is 12.0. The summed E-state index contributed by atoms with van der Waals surface area (Å²) < 4.78 is 33.0. The van der Waals surface area contributed by atoms with Crippen LogP contribution in [0.4, 0.5) is 8.78 Å². The first-order valence-corrected chi connectivity index (χ1v) is 5.63. The second-order valence-electron chi connectivity index (χ2n) is 4.37. The Morgan fingerprint density at radius 2 is 1.84 bits per heavy atom. The Balaban J connectivity index is 2.24. The average molecular weight is 270 g/mol. The number of methoxy groups -OCH3 is 1. The van der Waals surface area contributed by atoms with Crippen LogP contribution in [0.15, 0.2) is 24.3 Å². The third-order valence-electron chi connectivity index (χ3n) is 3.21. The Hall–Kier alpha value is -1.98. The zero-order chi connectivity index (χ0) is 14.0. The van der Waals surface area contributed by atoms with E-state index in [4.69, 9.17) is 4.74 Å². The second-order valence-corrected chi connectivity index (χ2v) is 4.37. The van der Waals surface area contributed by atoms with Crippen molar-refractivity contribution < 1.29 is 27.8 Å². The Bertz CT molecular complexity index is 488. The van der Waals surface area contributed by atoms with Crippen molar-refractivity contribution in [1.29, 1.82) is 0 Å². The average Bonchev–Trinajstić information content (AvgIpc) is 2.34. The normalized spacial score (nSPS) is 16.9. The highest BCUT2D eigenvalue weighted by atomic mass is 19.3. The minimum Gasteiger partial charge on any atom is -0.468 e. The monoisotopic (exact) mass is 270 g/mol. The van der Waals surface area contributed by atoms with Gasteiger partial charge in [-0.1, -0.05) is 12.1 Å². The number of ketones is 1. The van der Waals surface area contributed by atoms with E-state index in [-0.39, 0.29) is 24.4 Å². The van der Waals surface area contributed by atoms with Crippen molar-refractivity contribution in [3.05, 3.63) is 29.8 Å². The van der Waals surface area contributed by atoms with E-state index in [0.29, 0.717) is 5.56 Å². The highest BCUT2D eigenvalue weighted by Crippen LogP contribution is 2.42. The topological polar surface area (TPSA) is 52.6 Å². The Morgan fingerprint density at radius 3 is 2.26 bits per heavy atom. The number of carbonyl (C=O) groups excluding carboxylic acids is 2. The van der Waals surface area contributed by atoms with Gasteiger partial charge < -0.3 is 9.47 Å². The number of benzene rings is 1. The van der Waals surface area contributed by atoms with E-state index in [9.17, 15) is 18.4 Å². The van der Waals surface area contributed by atoms with E-state index in [1.165, 1.54) is 31.4 Å². The van der Waals surface area contributed by atoms with E-state index in [1.807, 2.05) is 0 Å². The SMILES string of the molecule is COC(=O)C1(c2ccc(OC(F)F)cc2)CC(=O)C1. The number of hydrogen-bond donors (Lipinski definition) is 0. The predicted octanol–water partition coefficient (Wildman–Crippen LogP) is 2.06. The molecule has 0 bridgehead atoms. The first-order valence-electron chi connectivity index (χ1n) is 5.63. The van der Waals surface area contributed by atoms with Gasteiger partial charge in [0.05, 0.1) is 7.11 Å². The maximum absolute atomic E-state index is 12.0. The van der Waals surface area contributed by atoms with Crippen molar-refractivity contribution in [3.8, 4) is 5.75 Å². The van der Waals surface area contributed by atoms with Gasteiger partial charge in [0.2, 0.25) is 0 Å². The van der Waals surface area contributed by atoms with Gasteiger partial charge in [-0.25, -0.2) is 0 Å². The molecule has 1 aliphatic rings. The molecule has 0 saturated heterocycles. The summed E-state index contributed by atoms with van der Waals surface area (Å²) in [6.07, 6.45) is 0.156. The molecular weight excluding hydrogens is 258 g/mol. The smallest absolute Gasteiger partial charge is 0.387 e. The highest BCUT2D eigenvalue weighted by Gasteiger charge is 2.52. The van der Waals surface area contributed by atoms with Crippen LogP contribution < -0.4 is 4.74 Å². The summed E-state index contributed by atoms with van der Waals surface area (Å²) in [7, 11) is 1.25. The molecule has 0 radical (unpaired) electrons. The van der Waals surface area contributed by atoms with Gasteiger partial charge >= 0.3 is 12.6 Å². The number of ether oxygens (including phenoxy) is 2. The molecule has 0 spiro atoms. The van der Waals surface area contributed by atoms with Crippen molar-refractivity contribution in [2.45, 2.75) is 24.9 Å². The molecule has 1 aromatic carbocycles. The summed E-state index contributed by atoms with van der Waals surface area (Å²) in [5, 5.41) is 0. The summed E-state index contributed by atoms with van der Waals surface area (Å²) in [5.41, 5.74) is -0.407. The zero-order valence-electron chi connectivity index (χ0n) is 10.2. The van der Waals surface area contributed by atoms with E-state index in [1.54, 1.807) is 0 Å². The lowest BCUT2D eigenvalue weighted by molar-refractivity contribution is -0.156. The van der Waals surface area contributed by atoms with Crippen LogP contribution >= 0.6 is 0 Å². The third-order valence-corrected chi connectivity index (χ3v) is 3.21. The molecule has 1 aromatic rings. The largest absolute Gasteiger partial charge is 0.468 e. The number of rotatable bonds is 4. The molecule has 0 amide bonds. The fourth-order valence-corrected chi connectivity index (χ4v) is 2.24. The van der Waals surface area contributed by atoms with Crippen LogP contribution in [-0.4, -0.2) is 25.5 Å². The summed E-state index contributed by atoms with van der Waals surface area (Å²) in [5.74, 6) is -0.516. The van der Waals surface area contributed by atoms with Crippen LogP contribution in [0.25, 0.3) is 0 Å². The summed E-state index contributed by atoms with van der Waals surface area (Å²) in [6, 6.07) is 5.69. The van der Waals surface area contributed by atoms with Crippen LogP contribution in [-0.2, 0) is 19.7 Å². The van der Waals surface area contributed by atoms with E-state index in [2.05, 4.69) is 4.74 Å². The number of Topliss-reactive ketones (excluding diaryl/α,β-unsaturated/α-hetero) is 1. The highest BCUT2D eigenvalue weighted by molar-refractivity contribution is 6.02. The minimum absolute atomic E-state index is 0.00409. The van der Waals surface area contributed by atoms with Gasteiger partial charge in [-0.2, -0.15) is 8.78 Å². The van der Waals surface area contributed by atoms with Gasteiger partial charge in [0.15, 0.2) is 0 Å². The molecule has 0 N–H and O–H groups in total. The Labute approximate surface area is 108 Å². The van der Waals surface area contributed by atoms with Gasteiger partial charge in [0.1, 0.15) is 16.9 Å². The van der Waals surface area contributed by atoms with Gasteiger partial charge in [0.25, 0.3) is 0 Å². The number of halogens is 2. The molecule has 0 atom stereocenters. The minimum atomic E-state index is -2.90. The number of hydrogen-bond acceptors (Lipinski definition) is 4. The molecule has 6 heteroatoms. The fraction of sp³-hybridized carbons (Fsp3) is 0.385. The van der Waals surface area contributed by atoms with Crippen LogP contribution in [0.3, 0.4) is 0 Å². The number of esters is 1. The Kier molecular flexibility index (Phi) is 3.50. The quantitative estimate of drug-likeness (QED) is 0.786. The zero-order valence-corrected chi connectivity index (χ0v) is 10.2. The molecule has 0 unspecified atom stereocenters. The van der Waals surface area contributed by atoms with Crippen molar-refractivity contribution in [2.75, 3.05) is 7.11 Å². The van der Waals surface area contributed by atoms with Crippen LogP contribution in [0.1, 0.15) is 18.4 Å². The maximum Gasteiger partial charge on any atom is 0.387 e. The standard InChI is InChI=1S/C13H12F2O4/c1-18-11(17)13(6-9(16)7-13)8-2-4-10(5-3-8)19-12(14)15/h2-5,12H,6-7H2,1H3. The van der Waals surface area contributed by atoms with Crippen molar-refractivity contribution >= 4 is 11.8 Å². The molecule has 0 aliphatic heterocycles. The lowest BCUT2D eigenvalue weighted by atomic mass is 9.63. The van der Waals surface area contributed by atoms with E-state index < -0.39 is 18.0 Å². The van der Waals surface area contributed by atoms with Crippen molar-refractivity contribution in [1.82, 2.24) is 0 Å². The van der Waals surface area contributed by atoms with Gasteiger partial charge in [0, 0.05) is 12.8 Å². The molecule has 1 saturated carbocycles. The lowest BCUT2D eigenvalue weighted by Crippen LogP contribution is -2.48. The molecule has 4 nitrogen and oxygen atoms in total. The molecule has 1 aliphatic carbocycles. The van der Waals surface area contributed by atoms with Crippen LogP contribution in [0.2, 0.25) is 0 Å². The molecule has 1 fully saturated rings. The summed E-state index contributed by atoms with van der Waals surface area (Å²) in [4.78, 5) is 23.0. The molecular formula is C13H12F2O4. The molecule has 102 valence electrons. The first kappa shape index (κ1) is 13.5. The number of carbonyl (C=O) groups is 2. The molecule has 0 heterocycles. The summed E-state index contributed by atoms with van der Waals surface area (Å²) >= 11 is 0. The van der Waals surface area contributed by atoms with Gasteiger partial charge in [-0.15, -0.1) is 0 Å². The second kappa shape index (κ2) is 4.95. The van der Waals surface area contributed by atoms with Crippen LogP contribution in [0.5, 0.6) is 5.75 Å². The van der Waals surface area contributed by atoms with Crippen LogP contribution in [0, 0.1) is 0 Å². The molecule has 19 heavy (non-hydrogen) atoms. The number of alkyl halides is 2. The van der Waals surface area contributed by atoms with Crippen molar-refractivity contribution in [3.63, 3.8) is 0 Å². The van der Waals surface area contributed by atoms with Gasteiger partial charge in [-0.3, -0.25) is 9.59 Å². The molecule has 0 aromatic heterocycles. The van der Waals surface area contributed by atoms with Crippen molar-refractivity contribution in [2.24, 2.45) is 0 Å². The third kappa shape index (κ3) is 2.43. The fourth-order valence-electron chi connectivity index (χ4n) is 2.24. The summed E-state index contributed by atoms with van der Waals surface area (Å²) in [6.45, 7) is -2.90. The van der Waals surface area contributed by atoms with E-state index in [0.717, 1.165) is 0 Å².